The fourth-order valence-corrected chi connectivity index (χ4v) is 1.64. The van der Waals surface area contributed by atoms with E-state index in [4.69, 9.17) is 9.47 Å². The van der Waals surface area contributed by atoms with Crippen molar-refractivity contribution < 1.29 is 19.1 Å². The van der Waals surface area contributed by atoms with Crippen LogP contribution in [0.1, 0.15) is 10.4 Å². The Hall–Kier alpha value is -2.08. The molecule has 1 aromatic rings. The first-order chi connectivity index (χ1) is 9.08. The Kier molecular flexibility index (Phi) is 4.01. The van der Waals surface area contributed by atoms with Crippen LogP contribution in [0.3, 0.4) is 0 Å². The maximum Gasteiger partial charge on any atom is 0.292 e. The van der Waals surface area contributed by atoms with E-state index < -0.39 is 11.7 Å². The van der Waals surface area contributed by atoms with Crippen molar-refractivity contribution in [2.24, 2.45) is 0 Å². The second kappa shape index (κ2) is 5.71. The molecule has 0 saturated carbocycles. The molecule has 1 heterocycles. The van der Waals surface area contributed by atoms with Gasteiger partial charge in [-0.3, -0.25) is 9.59 Å². The van der Waals surface area contributed by atoms with Crippen LogP contribution in [0.2, 0.25) is 0 Å². The zero-order valence-corrected chi connectivity index (χ0v) is 10.9. The van der Waals surface area contributed by atoms with Gasteiger partial charge in [-0.2, -0.15) is 0 Å². The molecule has 1 aliphatic rings. The van der Waals surface area contributed by atoms with E-state index in [1.165, 1.54) is 6.07 Å². The van der Waals surface area contributed by atoms with Crippen molar-refractivity contribution in [2.75, 3.05) is 34.0 Å². The van der Waals surface area contributed by atoms with Crippen molar-refractivity contribution in [1.82, 2.24) is 10.2 Å². The molecule has 0 fully saturated rings. The average Bonchev–Trinajstić information content (AvgIpc) is 2.84. The SMILES string of the molecule is CN(C)CCNC(=O)C(=O)c1ccc2c(c1)OCO2. The monoisotopic (exact) mass is 264 g/mol. The summed E-state index contributed by atoms with van der Waals surface area (Å²) in [5.41, 5.74) is 0.298. The van der Waals surface area contributed by atoms with Crippen molar-refractivity contribution in [2.45, 2.75) is 0 Å². The first-order valence-electron chi connectivity index (χ1n) is 5.95. The van der Waals surface area contributed by atoms with Crippen molar-refractivity contribution in [3.63, 3.8) is 0 Å². The molecule has 0 atom stereocenters. The molecule has 1 amide bonds. The third-order valence-corrected chi connectivity index (χ3v) is 2.69. The summed E-state index contributed by atoms with van der Waals surface area (Å²) in [6, 6.07) is 4.71. The van der Waals surface area contributed by atoms with Crippen LogP contribution < -0.4 is 14.8 Å². The predicted octanol–water partition coefficient (Wildman–Crippen LogP) is 0.276. The fourth-order valence-electron chi connectivity index (χ4n) is 1.64. The molecule has 0 bridgehead atoms. The van der Waals surface area contributed by atoms with Gasteiger partial charge in [-0.1, -0.05) is 0 Å². The number of rotatable bonds is 5. The second-order valence-electron chi connectivity index (χ2n) is 4.46. The highest BCUT2D eigenvalue weighted by atomic mass is 16.7. The largest absolute Gasteiger partial charge is 0.454 e. The van der Waals surface area contributed by atoms with Crippen molar-refractivity contribution in [3.8, 4) is 11.5 Å². The summed E-state index contributed by atoms with van der Waals surface area (Å²) in [6.07, 6.45) is 0. The quantitative estimate of drug-likeness (QED) is 0.611. The Morgan fingerprint density at radius 2 is 2.00 bits per heavy atom. The number of fused-ring (bicyclic) bond motifs is 1. The third-order valence-electron chi connectivity index (χ3n) is 2.69. The van der Waals surface area contributed by atoms with E-state index >= 15 is 0 Å². The van der Waals surface area contributed by atoms with E-state index in [0.717, 1.165) is 0 Å². The first kappa shape index (κ1) is 13.4. The maximum absolute atomic E-state index is 11.9. The van der Waals surface area contributed by atoms with Crippen LogP contribution in [0.5, 0.6) is 11.5 Å². The van der Waals surface area contributed by atoms with Gasteiger partial charge in [0.15, 0.2) is 11.5 Å². The highest BCUT2D eigenvalue weighted by Crippen LogP contribution is 2.32. The lowest BCUT2D eigenvalue weighted by molar-refractivity contribution is -0.117. The van der Waals surface area contributed by atoms with Gasteiger partial charge in [0.05, 0.1) is 0 Å². The van der Waals surface area contributed by atoms with Gasteiger partial charge in [0.1, 0.15) is 0 Å². The van der Waals surface area contributed by atoms with Gasteiger partial charge in [-0.05, 0) is 32.3 Å². The number of Topliss-reactive ketones (excluding diaryl/α,β-unsaturated/α-hetero) is 1. The number of carbonyl (C=O) groups is 2. The van der Waals surface area contributed by atoms with Crippen LogP contribution in [-0.4, -0.2) is 50.6 Å². The first-order valence-corrected chi connectivity index (χ1v) is 5.95. The van der Waals surface area contributed by atoms with E-state index in [1.807, 2.05) is 19.0 Å². The van der Waals surface area contributed by atoms with Gasteiger partial charge >= 0.3 is 0 Å². The standard InChI is InChI=1S/C13H16N2O4/c1-15(2)6-5-14-13(17)12(16)9-3-4-10-11(7-9)19-8-18-10/h3-4,7H,5-6,8H2,1-2H3,(H,14,17). The van der Waals surface area contributed by atoms with Crippen LogP contribution in [0, 0.1) is 0 Å². The smallest absolute Gasteiger partial charge is 0.292 e. The molecule has 6 heteroatoms. The van der Waals surface area contributed by atoms with Crippen LogP contribution in [0.25, 0.3) is 0 Å². The highest BCUT2D eigenvalue weighted by Gasteiger charge is 2.20. The number of ether oxygens (including phenoxy) is 2. The van der Waals surface area contributed by atoms with Gasteiger partial charge in [0.2, 0.25) is 12.6 Å². The zero-order valence-electron chi connectivity index (χ0n) is 10.9. The number of hydrogen-bond acceptors (Lipinski definition) is 5. The molecule has 0 radical (unpaired) electrons. The van der Waals surface area contributed by atoms with E-state index in [1.54, 1.807) is 12.1 Å². The van der Waals surface area contributed by atoms with Crippen molar-refractivity contribution >= 4 is 11.7 Å². The molecular weight excluding hydrogens is 248 g/mol. The molecule has 0 unspecified atom stereocenters. The summed E-state index contributed by atoms with van der Waals surface area (Å²) in [7, 11) is 3.79. The van der Waals surface area contributed by atoms with E-state index in [2.05, 4.69) is 5.32 Å². The minimum Gasteiger partial charge on any atom is -0.454 e. The maximum atomic E-state index is 11.9. The fraction of sp³-hybridized carbons (Fsp3) is 0.385. The Balaban J connectivity index is 1.97. The number of amides is 1. The lowest BCUT2D eigenvalue weighted by Crippen LogP contribution is -2.35. The molecule has 1 N–H and O–H groups in total. The van der Waals surface area contributed by atoms with E-state index in [9.17, 15) is 9.59 Å². The number of carbonyl (C=O) groups excluding carboxylic acids is 2. The summed E-state index contributed by atoms with van der Waals surface area (Å²) in [5.74, 6) is -0.103. The summed E-state index contributed by atoms with van der Waals surface area (Å²) in [4.78, 5) is 25.5. The minimum atomic E-state index is -0.610. The lowest BCUT2D eigenvalue weighted by atomic mass is 10.1. The van der Waals surface area contributed by atoms with Gasteiger partial charge in [0.25, 0.3) is 5.91 Å². The number of ketones is 1. The number of nitrogens with zero attached hydrogens (tertiary/aromatic N) is 1. The lowest BCUT2D eigenvalue weighted by Gasteiger charge is -2.10. The summed E-state index contributed by atoms with van der Waals surface area (Å²) < 4.78 is 10.3. The molecule has 6 nitrogen and oxygen atoms in total. The molecule has 19 heavy (non-hydrogen) atoms. The van der Waals surface area contributed by atoms with Crippen LogP contribution in [-0.2, 0) is 4.79 Å². The molecular formula is C13H16N2O4. The summed E-state index contributed by atoms with van der Waals surface area (Å²) >= 11 is 0. The van der Waals surface area contributed by atoms with Crippen LogP contribution in [0.15, 0.2) is 18.2 Å². The molecule has 1 aromatic carbocycles. The molecule has 0 spiro atoms. The van der Waals surface area contributed by atoms with Crippen molar-refractivity contribution in [3.05, 3.63) is 23.8 Å². The number of nitrogens with one attached hydrogen (secondary N) is 1. The van der Waals surface area contributed by atoms with E-state index in [0.29, 0.717) is 30.2 Å². The second-order valence-corrected chi connectivity index (χ2v) is 4.46. The third kappa shape index (κ3) is 3.23. The summed E-state index contributed by atoms with van der Waals surface area (Å²) in [6.45, 7) is 1.25. The molecule has 2 rings (SSSR count). The molecule has 0 aliphatic carbocycles. The van der Waals surface area contributed by atoms with Gasteiger partial charge < -0.3 is 19.7 Å². The summed E-state index contributed by atoms with van der Waals surface area (Å²) in [5, 5.41) is 2.58. The van der Waals surface area contributed by atoms with Gasteiger partial charge in [-0.25, -0.2) is 0 Å². The predicted molar refractivity (Wildman–Crippen MR) is 68.5 cm³/mol. The molecule has 1 aliphatic heterocycles. The average molecular weight is 264 g/mol. The Bertz CT molecular complexity index is 499. The Morgan fingerprint density at radius 1 is 1.26 bits per heavy atom. The van der Waals surface area contributed by atoms with E-state index in [-0.39, 0.29) is 6.79 Å². The Labute approximate surface area is 111 Å². The number of likely N-dealkylation sites (N-methyl/N-ethyl adjacent to an activating group) is 1. The van der Waals surface area contributed by atoms with Crippen molar-refractivity contribution in [1.29, 1.82) is 0 Å². The highest BCUT2D eigenvalue weighted by molar-refractivity contribution is 6.42. The molecule has 0 aromatic heterocycles. The van der Waals surface area contributed by atoms with Gasteiger partial charge in [0, 0.05) is 18.7 Å². The zero-order chi connectivity index (χ0) is 13.8. The number of hydrogen-bond donors (Lipinski definition) is 1. The topological polar surface area (TPSA) is 67.9 Å². The van der Waals surface area contributed by atoms with Crippen LogP contribution >= 0.6 is 0 Å². The molecule has 102 valence electrons. The minimum absolute atomic E-state index is 0.141. The normalized spacial score (nSPS) is 12.6. The van der Waals surface area contributed by atoms with Gasteiger partial charge in [-0.15, -0.1) is 0 Å². The van der Waals surface area contributed by atoms with Crippen LogP contribution in [0.4, 0.5) is 0 Å². The Morgan fingerprint density at radius 3 is 2.74 bits per heavy atom. The number of benzene rings is 1. The molecule has 0 saturated heterocycles.